The summed E-state index contributed by atoms with van der Waals surface area (Å²) in [5.74, 6) is 0.700. The lowest BCUT2D eigenvalue weighted by molar-refractivity contribution is 0.222. The summed E-state index contributed by atoms with van der Waals surface area (Å²) in [4.78, 5) is 30.5. The standard InChI is InChI=1S/C21H19ClN6O/c22-17-4-3-15(26-21(29)28-5-1-2-6-28)9-16(17)18-8-13-7-14(10-24-20(13)27-18)19-11-23-12-25-19/h3-4,7,9-12H,1-2,5-6,8H2,(H,23,25)(H,26,29). The molecule has 7 nitrogen and oxygen atoms in total. The number of carbonyl (C=O) groups excluding carboxylic acids is 1. The Morgan fingerprint density at radius 1 is 1.17 bits per heavy atom. The van der Waals surface area contributed by atoms with Gasteiger partial charge in [0.05, 0.1) is 23.9 Å². The van der Waals surface area contributed by atoms with E-state index in [9.17, 15) is 4.79 Å². The Balaban J connectivity index is 1.38. The van der Waals surface area contributed by atoms with Crippen molar-refractivity contribution in [1.29, 1.82) is 0 Å². The molecule has 2 N–H and O–H groups in total. The number of fused-ring (bicyclic) bond motifs is 1. The minimum atomic E-state index is -0.0710. The molecule has 0 bridgehead atoms. The molecule has 146 valence electrons. The van der Waals surface area contributed by atoms with Crippen molar-refractivity contribution in [2.24, 2.45) is 4.99 Å². The van der Waals surface area contributed by atoms with Crippen LogP contribution in [0.4, 0.5) is 16.3 Å². The molecule has 0 aliphatic carbocycles. The molecule has 0 saturated carbocycles. The molecule has 3 aromatic rings. The highest BCUT2D eigenvalue weighted by molar-refractivity contribution is 6.34. The molecule has 4 heterocycles. The number of urea groups is 1. The number of amides is 2. The number of pyridine rings is 1. The van der Waals surface area contributed by atoms with Crippen molar-refractivity contribution < 1.29 is 4.79 Å². The number of carbonyl (C=O) groups is 1. The second-order valence-electron chi connectivity index (χ2n) is 7.23. The minimum Gasteiger partial charge on any atom is -0.345 e. The van der Waals surface area contributed by atoms with Crippen LogP contribution in [0.2, 0.25) is 5.02 Å². The Morgan fingerprint density at radius 2 is 2.03 bits per heavy atom. The lowest BCUT2D eigenvalue weighted by Crippen LogP contribution is -2.32. The predicted molar refractivity (Wildman–Crippen MR) is 113 cm³/mol. The summed E-state index contributed by atoms with van der Waals surface area (Å²) >= 11 is 6.46. The molecule has 2 aliphatic heterocycles. The van der Waals surface area contributed by atoms with Crippen molar-refractivity contribution in [3.8, 4) is 11.3 Å². The van der Waals surface area contributed by atoms with E-state index in [4.69, 9.17) is 11.6 Å². The van der Waals surface area contributed by atoms with Crippen molar-refractivity contribution >= 4 is 34.8 Å². The molecular weight excluding hydrogens is 388 g/mol. The van der Waals surface area contributed by atoms with Crippen LogP contribution in [-0.4, -0.2) is 44.7 Å². The third-order valence-corrected chi connectivity index (χ3v) is 5.60. The quantitative estimate of drug-likeness (QED) is 0.674. The predicted octanol–water partition coefficient (Wildman–Crippen LogP) is 4.43. The van der Waals surface area contributed by atoms with Gasteiger partial charge in [-0.2, -0.15) is 0 Å². The number of rotatable bonds is 3. The first-order valence-corrected chi connectivity index (χ1v) is 9.96. The second-order valence-corrected chi connectivity index (χ2v) is 7.63. The van der Waals surface area contributed by atoms with Gasteiger partial charge in [0.25, 0.3) is 0 Å². The molecule has 0 spiro atoms. The molecule has 1 fully saturated rings. The van der Waals surface area contributed by atoms with Crippen molar-refractivity contribution in [3.63, 3.8) is 0 Å². The molecule has 2 aliphatic rings. The van der Waals surface area contributed by atoms with Gasteiger partial charge in [-0.3, -0.25) is 0 Å². The number of halogens is 1. The van der Waals surface area contributed by atoms with Crippen LogP contribution in [0, 0.1) is 0 Å². The average Bonchev–Trinajstić information content (AvgIpc) is 3.49. The summed E-state index contributed by atoms with van der Waals surface area (Å²) in [5, 5.41) is 3.57. The van der Waals surface area contributed by atoms with Gasteiger partial charge in [0, 0.05) is 53.1 Å². The van der Waals surface area contributed by atoms with Gasteiger partial charge in [-0.25, -0.2) is 19.8 Å². The highest BCUT2D eigenvalue weighted by Gasteiger charge is 2.22. The zero-order valence-electron chi connectivity index (χ0n) is 15.7. The Hall–Kier alpha value is -3.19. The van der Waals surface area contributed by atoms with Crippen LogP contribution >= 0.6 is 11.6 Å². The summed E-state index contributed by atoms with van der Waals surface area (Å²) in [7, 11) is 0. The van der Waals surface area contributed by atoms with Gasteiger partial charge in [0.2, 0.25) is 0 Å². The first-order valence-electron chi connectivity index (χ1n) is 9.58. The van der Waals surface area contributed by atoms with E-state index in [1.165, 1.54) is 0 Å². The molecule has 1 saturated heterocycles. The van der Waals surface area contributed by atoms with Gasteiger partial charge < -0.3 is 15.2 Å². The average molecular weight is 407 g/mol. The number of nitrogens with one attached hydrogen (secondary N) is 2. The molecule has 0 atom stereocenters. The normalized spacial score (nSPS) is 15.3. The number of anilines is 1. The third kappa shape index (κ3) is 3.49. The largest absolute Gasteiger partial charge is 0.345 e. The maximum atomic E-state index is 12.4. The number of hydrogen-bond acceptors (Lipinski definition) is 4. The Labute approximate surface area is 172 Å². The molecular formula is C21H19ClN6O. The monoisotopic (exact) mass is 406 g/mol. The summed E-state index contributed by atoms with van der Waals surface area (Å²) in [6.45, 7) is 1.61. The summed E-state index contributed by atoms with van der Waals surface area (Å²) in [6.07, 6.45) is 7.94. The minimum absolute atomic E-state index is 0.0710. The fourth-order valence-electron chi connectivity index (χ4n) is 3.75. The number of hydrogen-bond donors (Lipinski definition) is 2. The molecule has 2 amide bonds. The molecule has 29 heavy (non-hydrogen) atoms. The number of aromatic amines is 1. The highest BCUT2D eigenvalue weighted by atomic mass is 35.5. The molecule has 8 heteroatoms. The van der Waals surface area contributed by atoms with Crippen LogP contribution < -0.4 is 5.32 Å². The summed E-state index contributed by atoms with van der Waals surface area (Å²) in [6, 6.07) is 7.50. The SMILES string of the molecule is O=C(Nc1ccc(Cl)c(C2=Nc3ncc(-c4cnc[nH]4)cc3C2)c1)N1CCCC1. The highest BCUT2D eigenvalue weighted by Crippen LogP contribution is 2.32. The lowest BCUT2D eigenvalue weighted by atomic mass is 10.0. The van der Waals surface area contributed by atoms with Gasteiger partial charge in [-0.1, -0.05) is 11.6 Å². The van der Waals surface area contributed by atoms with E-state index in [0.29, 0.717) is 22.9 Å². The second kappa shape index (κ2) is 7.33. The number of likely N-dealkylation sites (tertiary alicyclic amines) is 1. The first kappa shape index (κ1) is 17.9. The van der Waals surface area contributed by atoms with Crippen LogP contribution in [0.5, 0.6) is 0 Å². The van der Waals surface area contributed by atoms with Crippen molar-refractivity contribution in [2.75, 3.05) is 18.4 Å². The number of aromatic nitrogens is 3. The van der Waals surface area contributed by atoms with Gasteiger partial charge in [0.15, 0.2) is 5.82 Å². The number of imidazole rings is 1. The third-order valence-electron chi connectivity index (χ3n) is 5.27. The Morgan fingerprint density at radius 3 is 2.83 bits per heavy atom. The van der Waals surface area contributed by atoms with Crippen LogP contribution in [0.25, 0.3) is 11.3 Å². The van der Waals surface area contributed by atoms with Gasteiger partial charge in [0.1, 0.15) is 0 Å². The van der Waals surface area contributed by atoms with Crippen molar-refractivity contribution in [2.45, 2.75) is 19.3 Å². The van der Waals surface area contributed by atoms with E-state index >= 15 is 0 Å². The zero-order chi connectivity index (χ0) is 19.8. The van der Waals surface area contributed by atoms with Crippen LogP contribution in [0.1, 0.15) is 24.0 Å². The summed E-state index contributed by atoms with van der Waals surface area (Å²) in [5.41, 5.74) is 5.29. The van der Waals surface area contributed by atoms with E-state index in [-0.39, 0.29) is 6.03 Å². The molecule has 1 aromatic carbocycles. The molecule has 5 rings (SSSR count). The maximum absolute atomic E-state index is 12.4. The first-order chi connectivity index (χ1) is 14.2. The molecule has 2 aromatic heterocycles. The topological polar surface area (TPSA) is 86.3 Å². The van der Waals surface area contributed by atoms with Gasteiger partial charge in [-0.15, -0.1) is 0 Å². The number of aliphatic imine (C=N–C) groups is 1. The van der Waals surface area contributed by atoms with Gasteiger partial charge in [-0.05, 0) is 37.1 Å². The van der Waals surface area contributed by atoms with Crippen molar-refractivity contribution in [1.82, 2.24) is 19.9 Å². The van der Waals surface area contributed by atoms with E-state index in [1.54, 1.807) is 24.8 Å². The Kier molecular flexibility index (Phi) is 4.52. The van der Waals surface area contributed by atoms with E-state index in [1.807, 2.05) is 17.0 Å². The summed E-state index contributed by atoms with van der Waals surface area (Å²) < 4.78 is 0. The number of nitrogens with zero attached hydrogens (tertiary/aromatic N) is 4. The Bertz CT molecular complexity index is 1100. The smallest absolute Gasteiger partial charge is 0.321 e. The van der Waals surface area contributed by atoms with Crippen LogP contribution in [-0.2, 0) is 6.42 Å². The fourth-order valence-corrected chi connectivity index (χ4v) is 3.97. The van der Waals surface area contributed by atoms with Crippen LogP contribution in [0.15, 0.2) is 48.0 Å². The van der Waals surface area contributed by atoms with Crippen LogP contribution in [0.3, 0.4) is 0 Å². The van der Waals surface area contributed by atoms with E-state index < -0.39 is 0 Å². The maximum Gasteiger partial charge on any atom is 0.321 e. The molecule has 0 radical (unpaired) electrons. The number of H-pyrrole nitrogens is 1. The fraction of sp³-hybridized carbons (Fsp3) is 0.238. The van der Waals surface area contributed by atoms with E-state index in [0.717, 1.165) is 54.0 Å². The van der Waals surface area contributed by atoms with Crippen molar-refractivity contribution in [3.05, 3.63) is 59.1 Å². The molecule has 0 unspecified atom stereocenters. The van der Waals surface area contributed by atoms with E-state index in [2.05, 4.69) is 31.3 Å². The lowest BCUT2D eigenvalue weighted by Gasteiger charge is -2.17. The van der Waals surface area contributed by atoms with Gasteiger partial charge >= 0.3 is 6.03 Å². The zero-order valence-corrected chi connectivity index (χ0v) is 16.4. The number of benzene rings is 1.